The predicted octanol–water partition coefficient (Wildman–Crippen LogP) is 2.34. The maximum atomic E-state index is 5.98. The minimum absolute atomic E-state index is 0.0563. The number of ether oxygens (including phenoxy) is 1. The van der Waals surface area contributed by atoms with Crippen molar-refractivity contribution < 1.29 is 4.74 Å². The average Bonchev–Trinajstić information content (AvgIpc) is 2.35. The van der Waals surface area contributed by atoms with Gasteiger partial charge in [-0.25, -0.2) is 5.43 Å². The summed E-state index contributed by atoms with van der Waals surface area (Å²) in [5.41, 5.74) is 4.06. The first kappa shape index (κ1) is 12.5. The summed E-state index contributed by atoms with van der Waals surface area (Å²) in [4.78, 5) is 1.21. The number of allylic oxidation sites excluding steroid dienone is 1. The molecular formula is C13H18N2OS. The number of nitrogens with one attached hydrogen (secondary N) is 1. The fraction of sp³-hybridized carbons (Fsp3) is 0.385. The van der Waals surface area contributed by atoms with E-state index in [1.54, 1.807) is 0 Å². The van der Waals surface area contributed by atoms with Gasteiger partial charge in [0.05, 0.1) is 6.04 Å². The Labute approximate surface area is 106 Å². The molecule has 0 bridgehead atoms. The highest BCUT2D eigenvalue weighted by molar-refractivity contribution is 7.99. The molecule has 0 saturated carbocycles. The number of thioether (sulfide) groups is 1. The molecule has 92 valence electrons. The molecule has 1 aromatic carbocycles. The van der Waals surface area contributed by atoms with Gasteiger partial charge in [-0.3, -0.25) is 5.84 Å². The third-order valence-corrected chi connectivity index (χ3v) is 3.78. The fourth-order valence-electron chi connectivity index (χ4n) is 1.83. The van der Waals surface area contributed by atoms with Gasteiger partial charge in [0, 0.05) is 10.6 Å². The molecule has 3 nitrogen and oxygen atoms in total. The quantitative estimate of drug-likeness (QED) is 0.491. The van der Waals surface area contributed by atoms with Crippen molar-refractivity contribution in [2.24, 2.45) is 5.84 Å². The molecule has 1 heterocycles. The van der Waals surface area contributed by atoms with E-state index in [0.29, 0.717) is 0 Å². The Kier molecular flexibility index (Phi) is 4.10. The Balaban J connectivity index is 2.13. The zero-order valence-electron chi connectivity index (χ0n) is 10.1. The molecule has 2 atom stereocenters. The molecule has 1 aliphatic rings. The van der Waals surface area contributed by atoms with Gasteiger partial charge in [0.25, 0.3) is 0 Å². The van der Waals surface area contributed by atoms with Gasteiger partial charge in [-0.05, 0) is 26.0 Å². The van der Waals surface area contributed by atoms with Gasteiger partial charge in [-0.2, -0.15) is 0 Å². The third kappa shape index (κ3) is 3.03. The summed E-state index contributed by atoms with van der Waals surface area (Å²) in [7, 11) is 0. The Morgan fingerprint density at radius 1 is 1.53 bits per heavy atom. The van der Waals surface area contributed by atoms with Crippen LogP contribution in [0.15, 0.2) is 40.8 Å². The first-order valence-corrected chi connectivity index (χ1v) is 6.69. The van der Waals surface area contributed by atoms with E-state index in [-0.39, 0.29) is 12.1 Å². The highest BCUT2D eigenvalue weighted by Gasteiger charge is 2.25. The van der Waals surface area contributed by atoms with Crippen LogP contribution in [-0.2, 0) is 0 Å². The van der Waals surface area contributed by atoms with Crippen LogP contribution in [0.1, 0.15) is 13.8 Å². The monoisotopic (exact) mass is 250 g/mol. The van der Waals surface area contributed by atoms with Gasteiger partial charge in [0.15, 0.2) is 0 Å². The summed E-state index contributed by atoms with van der Waals surface area (Å²) in [6.45, 7) is 4.13. The Morgan fingerprint density at radius 3 is 3.00 bits per heavy atom. The summed E-state index contributed by atoms with van der Waals surface area (Å²) in [5, 5.41) is 0. The van der Waals surface area contributed by atoms with Gasteiger partial charge in [0.2, 0.25) is 0 Å². The number of hydrogen-bond donors (Lipinski definition) is 2. The maximum absolute atomic E-state index is 5.98. The summed E-state index contributed by atoms with van der Waals surface area (Å²) in [6.07, 6.45) is 2.19. The molecule has 0 aromatic heterocycles. The Morgan fingerprint density at radius 2 is 2.29 bits per heavy atom. The van der Waals surface area contributed by atoms with Gasteiger partial charge in [-0.1, -0.05) is 23.8 Å². The number of nitrogens with two attached hydrogens (primary N) is 1. The lowest BCUT2D eigenvalue weighted by molar-refractivity contribution is 0.185. The van der Waals surface area contributed by atoms with Crippen LogP contribution < -0.4 is 16.0 Å². The molecule has 0 saturated heterocycles. The largest absolute Gasteiger partial charge is 0.486 e. The topological polar surface area (TPSA) is 47.3 Å². The smallest absolute Gasteiger partial charge is 0.133 e. The van der Waals surface area contributed by atoms with Gasteiger partial charge in [-0.15, -0.1) is 11.8 Å². The van der Waals surface area contributed by atoms with E-state index in [1.807, 2.05) is 30.0 Å². The normalized spacial score (nSPS) is 20.1. The van der Waals surface area contributed by atoms with Crippen molar-refractivity contribution in [2.45, 2.75) is 30.9 Å². The van der Waals surface area contributed by atoms with E-state index in [9.17, 15) is 0 Å². The molecule has 2 rings (SSSR count). The number of hydrogen-bond acceptors (Lipinski definition) is 4. The van der Waals surface area contributed by atoms with Crippen molar-refractivity contribution in [3.63, 3.8) is 0 Å². The van der Waals surface area contributed by atoms with Crippen molar-refractivity contribution in [2.75, 3.05) is 5.75 Å². The van der Waals surface area contributed by atoms with Crippen molar-refractivity contribution in [1.82, 2.24) is 5.43 Å². The van der Waals surface area contributed by atoms with Gasteiger partial charge >= 0.3 is 0 Å². The second kappa shape index (κ2) is 5.58. The van der Waals surface area contributed by atoms with Crippen molar-refractivity contribution in [3.05, 3.63) is 35.9 Å². The standard InChI is InChI=1S/C13H18N2OS/c1-9(2)7-10(15-14)12-8-17-13-6-4-3-5-11(13)16-12/h3-7,10,12,15H,8,14H2,1-2H3. The first-order chi connectivity index (χ1) is 8.20. The molecule has 0 radical (unpaired) electrons. The fourth-order valence-corrected chi connectivity index (χ4v) is 2.89. The molecule has 0 fully saturated rings. The number of hydrazine groups is 1. The summed E-state index contributed by atoms with van der Waals surface area (Å²) < 4.78 is 5.98. The zero-order chi connectivity index (χ0) is 12.3. The second-order valence-corrected chi connectivity index (χ2v) is 5.41. The number of rotatable bonds is 3. The van der Waals surface area contributed by atoms with Crippen LogP contribution in [0, 0.1) is 0 Å². The van der Waals surface area contributed by atoms with Crippen molar-refractivity contribution in [3.8, 4) is 5.75 Å². The van der Waals surface area contributed by atoms with E-state index in [4.69, 9.17) is 10.6 Å². The lowest BCUT2D eigenvalue weighted by Crippen LogP contribution is -2.47. The van der Waals surface area contributed by atoms with E-state index in [1.165, 1.54) is 10.5 Å². The average molecular weight is 250 g/mol. The second-order valence-electron chi connectivity index (χ2n) is 4.35. The SMILES string of the molecule is CC(C)=CC(NN)C1CSc2ccccc2O1. The van der Waals surface area contributed by atoms with Crippen LogP contribution in [0.2, 0.25) is 0 Å². The van der Waals surface area contributed by atoms with Crippen LogP contribution in [0.25, 0.3) is 0 Å². The maximum Gasteiger partial charge on any atom is 0.133 e. The van der Waals surface area contributed by atoms with Gasteiger partial charge in [0.1, 0.15) is 11.9 Å². The van der Waals surface area contributed by atoms with E-state index >= 15 is 0 Å². The Hall–Kier alpha value is -0.970. The van der Waals surface area contributed by atoms with E-state index in [0.717, 1.165) is 11.5 Å². The van der Waals surface area contributed by atoms with Crippen LogP contribution in [-0.4, -0.2) is 17.9 Å². The molecule has 0 aliphatic carbocycles. The lowest BCUT2D eigenvalue weighted by Gasteiger charge is -2.30. The lowest BCUT2D eigenvalue weighted by atomic mass is 10.1. The molecular weight excluding hydrogens is 232 g/mol. The van der Waals surface area contributed by atoms with Crippen LogP contribution in [0.4, 0.5) is 0 Å². The molecule has 0 spiro atoms. The number of fused-ring (bicyclic) bond motifs is 1. The van der Waals surface area contributed by atoms with Crippen LogP contribution in [0.3, 0.4) is 0 Å². The highest BCUT2D eigenvalue weighted by atomic mass is 32.2. The summed E-state index contributed by atoms with van der Waals surface area (Å²) >= 11 is 1.82. The van der Waals surface area contributed by atoms with Crippen molar-refractivity contribution >= 4 is 11.8 Å². The molecule has 0 amide bonds. The molecule has 1 aliphatic heterocycles. The zero-order valence-corrected chi connectivity index (χ0v) is 11.0. The molecule has 1 aromatic rings. The third-order valence-electron chi connectivity index (χ3n) is 2.64. The summed E-state index contributed by atoms with van der Waals surface area (Å²) in [5.74, 6) is 7.46. The molecule has 3 N–H and O–H groups in total. The minimum Gasteiger partial charge on any atom is -0.486 e. The van der Waals surface area contributed by atoms with E-state index < -0.39 is 0 Å². The molecule has 4 heteroatoms. The van der Waals surface area contributed by atoms with E-state index in [2.05, 4.69) is 31.4 Å². The van der Waals surface area contributed by atoms with Crippen LogP contribution in [0.5, 0.6) is 5.75 Å². The predicted molar refractivity (Wildman–Crippen MR) is 72.1 cm³/mol. The van der Waals surface area contributed by atoms with Crippen molar-refractivity contribution in [1.29, 1.82) is 0 Å². The number of para-hydroxylation sites is 1. The number of benzene rings is 1. The minimum atomic E-state index is 0.0563. The highest BCUT2D eigenvalue weighted by Crippen LogP contribution is 2.35. The Bertz CT molecular complexity index is 416. The molecule has 2 unspecified atom stereocenters. The first-order valence-electron chi connectivity index (χ1n) is 5.70. The van der Waals surface area contributed by atoms with Gasteiger partial charge < -0.3 is 4.74 Å². The van der Waals surface area contributed by atoms with Crippen LogP contribution >= 0.6 is 11.8 Å². The molecule has 17 heavy (non-hydrogen) atoms. The summed E-state index contributed by atoms with van der Waals surface area (Å²) in [6, 6.07) is 8.17.